The van der Waals surface area contributed by atoms with Crippen molar-refractivity contribution in [3.05, 3.63) is 11.6 Å². The lowest BCUT2D eigenvalue weighted by Crippen LogP contribution is -2.67. The second-order valence-corrected chi connectivity index (χ2v) is 23.3. The molecule has 7 fully saturated rings. The van der Waals surface area contributed by atoms with Crippen molar-refractivity contribution in [3.63, 3.8) is 0 Å². The Balaban J connectivity index is 1.06. The van der Waals surface area contributed by atoms with Crippen LogP contribution < -0.4 is 0 Å². The summed E-state index contributed by atoms with van der Waals surface area (Å²) in [6.45, 7) is 13.3. The molecule has 388 valence electrons. The highest BCUT2D eigenvalue weighted by molar-refractivity contribution is 5.80. The van der Waals surface area contributed by atoms with Gasteiger partial charge in [-0.15, -0.1) is 0 Å². The van der Waals surface area contributed by atoms with E-state index in [0.717, 1.165) is 32.1 Å². The number of aliphatic carboxylic acids is 1. The Bertz CT molecular complexity index is 1900. The molecule has 5 aliphatic carbocycles. The van der Waals surface area contributed by atoms with Crippen LogP contribution in [0.3, 0.4) is 0 Å². The van der Waals surface area contributed by atoms with Crippen LogP contribution in [0.1, 0.15) is 113 Å². The van der Waals surface area contributed by atoms with E-state index in [1.807, 2.05) is 6.92 Å². The van der Waals surface area contributed by atoms with E-state index in [2.05, 4.69) is 40.7 Å². The summed E-state index contributed by atoms with van der Waals surface area (Å²) in [5, 5.41) is 108. The van der Waals surface area contributed by atoms with Gasteiger partial charge in [-0.3, -0.25) is 9.59 Å². The van der Waals surface area contributed by atoms with Gasteiger partial charge < -0.3 is 84.2 Å². The maximum Gasteiger partial charge on any atom is 0.311 e. The molecule has 19 heteroatoms. The molecule has 0 bridgehead atoms. The molecule has 68 heavy (non-hydrogen) atoms. The van der Waals surface area contributed by atoms with E-state index in [-0.39, 0.29) is 40.0 Å². The first-order chi connectivity index (χ1) is 31.8. The summed E-state index contributed by atoms with van der Waals surface area (Å²) in [4.78, 5) is 26.5. The number of fused-ring (bicyclic) bond motifs is 7. The minimum absolute atomic E-state index is 0.107. The molecule has 4 saturated carbocycles. The molecule has 0 aromatic carbocycles. The molecule has 10 N–H and O–H groups in total. The molecule has 3 aliphatic heterocycles. The third kappa shape index (κ3) is 7.95. The molecule has 0 aromatic heterocycles. The Morgan fingerprint density at radius 3 is 1.81 bits per heavy atom. The number of rotatable bonds is 10. The van der Waals surface area contributed by atoms with Crippen molar-refractivity contribution in [1.82, 2.24) is 0 Å². The summed E-state index contributed by atoms with van der Waals surface area (Å²) in [6.07, 6.45) is -15.9. The van der Waals surface area contributed by atoms with Crippen LogP contribution in [0.4, 0.5) is 0 Å². The van der Waals surface area contributed by atoms with Crippen LogP contribution in [0.2, 0.25) is 0 Å². The Morgan fingerprint density at radius 1 is 0.662 bits per heavy atom. The van der Waals surface area contributed by atoms with E-state index in [1.54, 1.807) is 0 Å². The zero-order valence-electron chi connectivity index (χ0n) is 40.7. The van der Waals surface area contributed by atoms with Gasteiger partial charge in [-0.05, 0) is 117 Å². The maximum atomic E-state index is 13.3. The molecule has 19 nitrogen and oxygen atoms in total. The molecular weight excluding hydrogens is 893 g/mol. The van der Waals surface area contributed by atoms with Crippen molar-refractivity contribution in [2.24, 2.45) is 50.2 Å². The number of aliphatic hydroxyl groups excluding tert-OH is 9. The topological polar surface area (TPSA) is 301 Å². The predicted octanol–water partition coefficient (Wildman–Crippen LogP) is 0.887. The molecular formula is C49H78O19. The number of carboxylic acids is 1. The van der Waals surface area contributed by atoms with Gasteiger partial charge in [0.25, 0.3) is 0 Å². The van der Waals surface area contributed by atoms with Gasteiger partial charge in [0.2, 0.25) is 0 Å². The number of hydrogen-bond acceptors (Lipinski definition) is 18. The van der Waals surface area contributed by atoms with Crippen LogP contribution in [0, 0.1) is 50.2 Å². The molecule has 0 aromatic rings. The molecule has 0 radical (unpaired) electrons. The number of hydrogen-bond donors (Lipinski definition) is 10. The van der Waals surface area contributed by atoms with Gasteiger partial charge in [0.1, 0.15) is 67.1 Å². The fourth-order valence-electron chi connectivity index (χ4n) is 15.3. The van der Waals surface area contributed by atoms with Crippen LogP contribution >= 0.6 is 0 Å². The van der Waals surface area contributed by atoms with E-state index >= 15 is 0 Å². The number of esters is 1. The first kappa shape index (κ1) is 52.4. The average Bonchev–Trinajstić information content (AvgIpc) is 3.29. The SMILES string of the molecule is COC(=O)[C@@]1(C)CC[C@]2(C(=O)O)CC[C@]3(C)C(=CC[C@@H]4[C@@]5(C)CC[C@H](O[C@@H]6O[C@H](CO)[C@@H](O)[C@H](O)[C@H]6O[C@@H]6O[C@H](CO)[C@@H](O)[C@H](O)[C@H]6O[C@@H]6O[C@@H](C)[C@H](O)[C@@H](O)[C@H]6O)C(C)(C)[C@@H]5CC[C@]43C)[C@@H]2C1. The van der Waals surface area contributed by atoms with Crippen LogP contribution in [0.5, 0.6) is 0 Å². The van der Waals surface area contributed by atoms with Gasteiger partial charge in [0, 0.05) is 0 Å². The maximum absolute atomic E-state index is 13.3. The molecule has 0 spiro atoms. The summed E-state index contributed by atoms with van der Waals surface area (Å²) in [6, 6.07) is 0. The molecule has 8 aliphatic rings. The first-order valence-electron chi connectivity index (χ1n) is 24.7. The molecule has 3 saturated heterocycles. The first-order valence-corrected chi connectivity index (χ1v) is 24.7. The van der Waals surface area contributed by atoms with Crippen molar-refractivity contribution in [2.45, 2.75) is 211 Å². The molecule has 8 rings (SSSR count). The van der Waals surface area contributed by atoms with Crippen molar-refractivity contribution >= 4 is 11.9 Å². The lowest BCUT2D eigenvalue weighted by atomic mass is 9.33. The monoisotopic (exact) mass is 971 g/mol. The number of carbonyl (C=O) groups is 2. The highest BCUT2D eigenvalue weighted by Crippen LogP contribution is 2.76. The summed E-state index contributed by atoms with van der Waals surface area (Å²) in [5.74, 6) is -1.07. The zero-order chi connectivity index (χ0) is 49.8. The summed E-state index contributed by atoms with van der Waals surface area (Å²) in [5.41, 5.74) is -1.82. The van der Waals surface area contributed by atoms with E-state index in [0.29, 0.717) is 32.1 Å². The number of methoxy groups -OCH3 is 1. The van der Waals surface area contributed by atoms with E-state index < -0.39 is 134 Å². The number of allylic oxidation sites excluding steroid dienone is 2. The van der Waals surface area contributed by atoms with Crippen molar-refractivity contribution in [2.75, 3.05) is 20.3 Å². The summed E-state index contributed by atoms with van der Waals surface area (Å²) >= 11 is 0. The minimum atomic E-state index is -1.85. The normalized spacial score (nSPS) is 53.4. The Labute approximate surface area is 398 Å². The molecule has 24 atom stereocenters. The van der Waals surface area contributed by atoms with Gasteiger partial charge in [-0.25, -0.2) is 0 Å². The quantitative estimate of drug-likeness (QED) is 0.0826. The lowest BCUT2D eigenvalue weighted by molar-refractivity contribution is -0.397. The fraction of sp³-hybridized carbons (Fsp3) is 0.918. The average molecular weight is 971 g/mol. The third-order valence-corrected chi connectivity index (χ3v) is 19.8. The molecule has 0 amide bonds. The van der Waals surface area contributed by atoms with Gasteiger partial charge >= 0.3 is 11.9 Å². The van der Waals surface area contributed by atoms with E-state index in [4.69, 9.17) is 33.2 Å². The van der Waals surface area contributed by atoms with Gasteiger partial charge in [-0.2, -0.15) is 0 Å². The molecule has 0 unspecified atom stereocenters. The van der Waals surface area contributed by atoms with Crippen LogP contribution in [0.15, 0.2) is 11.6 Å². The Kier molecular flexibility index (Phi) is 14.3. The standard InChI is InChI=1S/C49H78O19/c1-22-30(52)33(55)36(58)39(63-22)67-38-35(57)32(54)26(21-51)65-41(38)68-37-34(56)31(53)25(20-50)64-40(37)66-29-12-13-46(5)27(44(29,2)3)11-14-48(7)28(46)10-9-23-24-19-45(4,43(61)62-8)15-17-49(24,42(59)60)18-16-47(23,48)6/h9,22,24-41,50-58H,10-21H2,1-8H3,(H,59,60)/t22-,24-,25+,26+,27-,28+,29-,30-,31+,32+,33+,34-,35-,36+,37+,38+,39-,40-,41-,45-,46-,47+,48+,49-/m0/s1. The largest absolute Gasteiger partial charge is 0.481 e. The van der Waals surface area contributed by atoms with Gasteiger partial charge in [0.05, 0.1) is 43.4 Å². The number of ether oxygens (including phenoxy) is 7. The minimum Gasteiger partial charge on any atom is -0.481 e. The Hall–Kier alpha value is -1.92. The smallest absolute Gasteiger partial charge is 0.311 e. The Morgan fingerprint density at radius 2 is 1.24 bits per heavy atom. The highest BCUT2D eigenvalue weighted by Gasteiger charge is 2.70. The summed E-state index contributed by atoms with van der Waals surface area (Å²) < 4.78 is 42.1. The second-order valence-electron chi connectivity index (χ2n) is 23.3. The second kappa shape index (κ2) is 18.5. The zero-order valence-corrected chi connectivity index (χ0v) is 40.7. The molecule has 3 heterocycles. The number of carboxylic acid groups (broad SMARTS) is 1. The highest BCUT2D eigenvalue weighted by atomic mass is 16.8. The number of carbonyl (C=O) groups excluding carboxylic acids is 1. The van der Waals surface area contributed by atoms with Crippen molar-refractivity contribution in [1.29, 1.82) is 0 Å². The predicted molar refractivity (Wildman–Crippen MR) is 236 cm³/mol. The van der Waals surface area contributed by atoms with Crippen LogP contribution in [-0.4, -0.2) is 182 Å². The fourth-order valence-corrected chi connectivity index (χ4v) is 15.3. The number of aliphatic hydroxyl groups is 9. The van der Waals surface area contributed by atoms with E-state index in [1.165, 1.54) is 19.6 Å². The van der Waals surface area contributed by atoms with E-state index in [9.17, 15) is 60.7 Å². The van der Waals surface area contributed by atoms with Crippen LogP contribution in [-0.2, 0) is 42.7 Å². The third-order valence-electron chi connectivity index (χ3n) is 19.8. The van der Waals surface area contributed by atoms with Crippen molar-refractivity contribution in [3.8, 4) is 0 Å². The lowest BCUT2D eigenvalue weighted by Gasteiger charge is -2.71. The van der Waals surface area contributed by atoms with Crippen LogP contribution in [0.25, 0.3) is 0 Å². The van der Waals surface area contributed by atoms with Gasteiger partial charge in [0.15, 0.2) is 18.9 Å². The summed E-state index contributed by atoms with van der Waals surface area (Å²) in [7, 11) is 1.39. The van der Waals surface area contributed by atoms with Crippen molar-refractivity contribution < 1.29 is 93.8 Å². The van der Waals surface area contributed by atoms with Gasteiger partial charge in [-0.1, -0.05) is 46.3 Å².